The molecule has 0 spiro atoms. The quantitative estimate of drug-likeness (QED) is 0.157. The first-order valence-electron chi connectivity index (χ1n) is 14.3. The summed E-state index contributed by atoms with van der Waals surface area (Å²) in [5.41, 5.74) is 2.38. The lowest BCUT2D eigenvalue weighted by atomic mass is 10.1. The summed E-state index contributed by atoms with van der Waals surface area (Å²) in [5.74, 6) is 0.983. The maximum atomic E-state index is 13.6. The lowest BCUT2D eigenvalue weighted by molar-refractivity contribution is -0.115. The number of anilines is 2. The predicted molar refractivity (Wildman–Crippen MR) is 174 cm³/mol. The van der Waals surface area contributed by atoms with Crippen molar-refractivity contribution in [1.82, 2.24) is 14.9 Å². The number of rotatable bonds is 12. The number of ether oxygens (including phenoxy) is 1. The Morgan fingerprint density at radius 3 is 2.59 bits per heavy atom. The van der Waals surface area contributed by atoms with Crippen molar-refractivity contribution in [3.05, 3.63) is 101 Å². The van der Waals surface area contributed by atoms with E-state index in [4.69, 9.17) is 20.8 Å². The zero-order chi connectivity index (χ0) is 33.0. The molecule has 0 aliphatic carbocycles. The molecule has 2 heterocycles. The summed E-state index contributed by atoms with van der Waals surface area (Å²) in [6, 6.07) is 20.0. The Balaban J connectivity index is 1.41. The van der Waals surface area contributed by atoms with E-state index in [0.29, 0.717) is 50.8 Å². The van der Waals surface area contributed by atoms with Crippen molar-refractivity contribution in [3.8, 4) is 17.1 Å². The molecule has 5 rings (SSSR count). The van der Waals surface area contributed by atoms with E-state index in [-0.39, 0.29) is 42.2 Å². The molecule has 0 saturated carbocycles. The van der Waals surface area contributed by atoms with Gasteiger partial charge in [-0.3, -0.25) is 14.6 Å². The fraction of sp³-hybridized carbons (Fsp3) is 0.242. The predicted octanol–water partition coefficient (Wildman–Crippen LogP) is 6.13. The number of amides is 1. The van der Waals surface area contributed by atoms with Crippen molar-refractivity contribution in [3.63, 3.8) is 0 Å². The number of hydrogen-bond donors (Lipinski definition) is 1. The standard InChI is InChI=1S/C33H32ClFN4O6S/c1-21(40)38(13-14-46(3,42)43)18-27-9-12-31(45-27)24-7-10-30-28(16-24)33(37-20-36-30)39(22(2)41)26-8-11-32(29(34)17-26)44-19-23-5-4-6-25(35)15-23/h4-12,15-17,20-21,40H,13-14,18-19H2,1-3H3. The number of fused-ring (bicyclic) bond motifs is 1. The molecule has 0 aliphatic rings. The number of halogens is 2. The van der Waals surface area contributed by atoms with E-state index in [1.54, 1.807) is 60.4 Å². The number of sulfone groups is 1. The highest BCUT2D eigenvalue weighted by molar-refractivity contribution is 7.90. The molecule has 0 saturated heterocycles. The van der Waals surface area contributed by atoms with Crippen LogP contribution in [0.5, 0.6) is 5.75 Å². The second kappa shape index (κ2) is 14.0. The van der Waals surface area contributed by atoms with Gasteiger partial charge in [-0.25, -0.2) is 22.8 Å². The fourth-order valence-electron chi connectivity index (χ4n) is 4.86. The second-order valence-electron chi connectivity index (χ2n) is 10.8. The smallest absolute Gasteiger partial charge is 0.229 e. The monoisotopic (exact) mass is 666 g/mol. The largest absolute Gasteiger partial charge is 0.487 e. The number of carbonyl (C=O) groups excluding carboxylic acids is 1. The molecule has 240 valence electrons. The molecule has 3 aromatic carbocycles. The van der Waals surface area contributed by atoms with Crippen molar-refractivity contribution in [2.24, 2.45) is 0 Å². The Morgan fingerprint density at radius 2 is 1.89 bits per heavy atom. The summed E-state index contributed by atoms with van der Waals surface area (Å²) in [6.45, 7) is 3.44. The molecular formula is C33H32ClFN4O6S. The summed E-state index contributed by atoms with van der Waals surface area (Å²) in [5, 5.41) is 11.0. The number of hydrogen-bond acceptors (Lipinski definition) is 9. The Labute approximate surface area is 270 Å². The minimum absolute atomic E-state index is 0.0958. The van der Waals surface area contributed by atoms with Gasteiger partial charge in [0.2, 0.25) is 5.91 Å². The lowest BCUT2D eigenvalue weighted by Crippen LogP contribution is -2.35. The van der Waals surface area contributed by atoms with Crippen LogP contribution < -0.4 is 9.64 Å². The molecule has 0 bridgehead atoms. The SMILES string of the molecule is CC(=O)N(c1ccc(OCc2cccc(F)c2)c(Cl)c1)c1ncnc2ccc(-c3ccc(CN(CCS(C)(=O)=O)C(C)O)o3)cc12. The first-order chi connectivity index (χ1) is 21.9. The number of nitrogens with zero attached hydrogens (tertiary/aromatic N) is 4. The Hall–Kier alpha value is -4.36. The number of aliphatic hydroxyl groups excluding tert-OH is 1. The van der Waals surface area contributed by atoms with Crippen LogP contribution in [0.4, 0.5) is 15.9 Å². The van der Waals surface area contributed by atoms with Gasteiger partial charge in [0.1, 0.15) is 52.1 Å². The van der Waals surface area contributed by atoms with E-state index < -0.39 is 16.1 Å². The van der Waals surface area contributed by atoms with Crippen LogP contribution in [0, 0.1) is 5.82 Å². The molecule has 2 aromatic heterocycles. The number of carbonyl (C=O) groups is 1. The molecule has 1 amide bonds. The molecule has 1 N–H and O–H groups in total. The highest BCUT2D eigenvalue weighted by Gasteiger charge is 2.22. The first-order valence-corrected chi connectivity index (χ1v) is 16.7. The van der Waals surface area contributed by atoms with E-state index in [1.165, 1.54) is 30.3 Å². The van der Waals surface area contributed by atoms with Crippen LogP contribution in [0.15, 0.2) is 83.5 Å². The Morgan fingerprint density at radius 1 is 1.09 bits per heavy atom. The maximum absolute atomic E-state index is 13.6. The van der Waals surface area contributed by atoms with Crippen LogP contribution in [-0.4, -0.2) is 59.1 Å². The van der Waals surface area contributed by atoms with E-state index in [0.717, 1.165) is 6.26 Å². The van der Waals surface area contributed by atoms with Gasteiger partial charge in [-0.15, -0.1) is 0 Å². The molecule has 46 heavy (non-hydrogen) atoms. The van der Waals surface area contributed by atoms with Crippen LogP contribution in [0.2, 0.25) is 5.02 Å². The molecule has 1 unspecified atom stereocenters. The van der Waals surface area contributed by atoms with Gasteiger partial charge in [0, 0.05) is 30.7 Å². The fourth-order valence-corrected chi connectivity index (χ4v) is 5.66. The van der Waals surface area contributed by atoms with Gasteiger partial charge < -0.3 is 14.3 Å². The summed E-state index contributed by atoms with van der Waals surface area (Å²) < 4.78 is 48.7. The minimum Gasteiger partial charge on any atom is -0.487 e. The number of aliphatic hydroxyl groups is 1. The normalized spacial score (nSPS) is 12.4. The third kappa shape index (κ3) is 8.07. The Kier molecular flexibility index (Phi) is 10.0. The molecule has 0 aliphatic heterocycles. The molecule has 13 heteroatoms. The van der Waals surface area contributed by atoms with Crippen molar-refractivity contribution in [2.45, 2.75) is 33.2 Å². The average Bonchev–Trinajstić information content (AvgIpc) is 3.47. The zero-order valence-electron chi connectivity index (χ0n) is 25.4. The highest BCUT2D eigenvalue weighted by atomic mass is 35.5. The van der Waals surface area contributed by atoms with Gasteiger partial charge in [0.05, 0.1) is 28.5 Å². The molecule has 10 nitrogen and oxygen atoms in total. The van der Waals surface area contributed by atoms with Crippen LogP contribution in [0.1, 0.15) is 25.2 Å². The van der Waals surface area contributed by atoms with Gasteiger partial charge in [-0.05, 0) is 73.2 Å². The summed E-state index contributed by atoms with van der Waals surface area (Å²) >= 11 is 6.56. The van der Waals surface area contributed by atoms with Crippen molar-refractivity contribution in [2.75, 3.05) is 23.5 Å². The summed E-state index contributed by atoms with van der Waals surface area (Å²) in [7, 11) is -3.21. The van der Waals surface area contributed by atoms with E-state index in [1.807, 2.05) is 12.1 Å². The topological polar surface area (TPSA) is 126 Å². The molecule has 1 atom stereocenters. The Bertz CT molecular complexity index is 1980. The number of aromatic nitrogens is 2. The lowest BCUT2D eigenvalue weighted by Gasteiger charge is -2.23. The van der Waals surface area contributed by atoms with Crippen LogP contribution >= 0.6 is 11.6 Å². The van der Waals surface area contributed by atoms with E-state index in [9.17, 15) is 22.7 Å². The maximum Gasteiger partial charge on any atom is 0.229 e. The van der Waals surface area contributed by atoms with E-state index >= 15 is 0 Å². The zero-order valence-corrected chi connectivity index (χ0v) is 26.9. The third-order valence-corrected chi connectivity index (χ3v) is 8.40. The van der Waals surface area contributed by atoms with Gasteiger partial charge >= 0.3 is 0 Å². The van der Waals surface area contributed by atoms with Gasteiger partial charge in [-0.2, -0.15) is 0 Å². The molecule has 5 aromatic rings. The summed E-state index contributed by atoms with van der Waals surface area (Å²) in [6.07, 6.45) is 1.64. The van der Waals surface area contributed by atoms with Gasteiger partial charge in [-0.1, -0.05) is 23.7 Å². The van der Waals surface area contributed by atoms with Crippen molar-refractivity contribution in [1.29, 1.82) is 0 Å². The first kappa shape index (κ1) is 33.0. The van der Waals surface area contributed by atoms with Crippen molar-refractivity contribution >= 4 is 49.8 Å². The average molecular weight is 667 g/mol. The molecular weight excluding hydrogens is 635 g/mol. The second-order valence-corrected chi connectivity index (χ2v) is 13.5. The third-order valence-electron chi connectivity index (χ3n) is 7.18. The summed E-state index contributed by atoms with van der Waals surface area (Å²) in [4.78, 5) is 24.9. The van der Waals surface area contributed by atoms with E-state index in [2.05, 4.69) is 9.97 Å². The van der Waals surface area contributed by atoms with Crippen LogP contribution in [-0.2, 0) is 27.8 Å². The minimum atomic E-state index is -3.21. The van der Waals surface area contributed by atoms with Crippen LogP contribution in [0.25, 0.3) is 22.2 Å². The van der Waals surface area contributed by atoms with Gasteiger partial charge in [0.15, 0.2) is 5.82 Å². The number of furan rings is 1. The molecule has 0 fully saturated rings. The van der Waals surface area contributed by atoms with Crippen LogP contribution in [0.3, 0.4) is 0 Å². The number of benzene rings is 3. The highest BCUT2D eigenvalue weighted by Crippen LogP contribution is 2.36. The molecule has 0 radical (unpaired) electrons. The van der Waals surface area contributed by atoms with Crippen molar-refractivity contribution < 1.29 is 31.9 Å². The van der Waals surface area contributed by atoms with Gasteiger partial charge in [0.25, 0.3) is 0 Å².